The van der Waals surface area contributed by atoms with Gasteiger partial charge in [-0.2, -0.15) is 0 Å². The van der Waals surface area contributed by atoms with Gasteiger partial charge in [0.1, 0.15) is 18.2 Å². The number of benzene rings is 2. The Bertz CT molecular complexity index is 959. The third-order valence-corrected chi connectivity index (χ3v) is 5.78. The van der Waals surface area contributed by atoms with Crippen molar-refractivity contribution in [2.45, 2.75) is 13.1 Å². The number of hydrogen-bond donors (Lipinski definition) is 0. The molecule has 0 amide bonds. The molecule has 2 aromatic carbocycles. The smallest absolute Gasteiger partial charge is 0.165 e. The van der Waals surface area contributed by atoms with Gasteiger partial charge >= 0.3 is 0 Å². The average molecular weight is 399 g/mol. The summed E-state index contributed by atoms with van der Waals surface area (Å²) in [5.74, 6) is 1.78. The molecule has 0 aliphatic carbocycles. The Hall–Kier alpha value is -2.57. The number of hydrogen-bond acceptors (Lipinski definition) is 5. The Kier molecular flexibility index (Phi) is 5.50. The highest BCUT2D eigenvalue weighted by molar-refractivity contribution is 7.13. The number of rotatable bonds is 5. The zero-order chi connectivity index (χ0) is 19.5. The van der Waals surface area contributed by atoms with E-state index in [4.69, 9.17) is 14.2 Å². The topological polar surface area (TPSA) is 30.9 Å². The van der Waals surface area contributed by atoms with Crippen molar-refractivity contribution in [1.82, 2.24) is 4.90 Å². The second-order valence-electron chi connectivity index (χ2n) is 6.66. The maximum atomic E-state index is 14.4. The summed E-state index contributed by atoms with van der Waals surface area (Å²) in [5, 5.41) is 2.06. The third-order valence-electron chi connectivity index (χ3n) is 4.86. The lowest BCUT2D eigenvalue weighted by Gasteiger charge is -2.20. The lowest BCUT2D eigenvalue weighted by atomic mass is 10.1. The molecule has 6 heteroatoms. The number of methoxy groups -OCH3 is 2. The van der Waals surface area contributed by atoms with Crippen LogP contribution < -0.4 is 14.2 Å². The van der Waals surface area contributed by atoms with E-state index in [1.54, 1.807) is 30.6 Å². The van der Waals surface area contributed by atoms with Crippen LogP contribution in [0.3, 0.4) is 0 Å². The van der Waals surface area contributed by atoms with Crippen LogP contribution >= 0.6 is 11.3 Å². The number of nitrogens with zero attached hydrogens (tertiary/aromatic N) is 1. The van der Waals surface area contributed by atoms with E-state index in [-0.39, 0.29) is 5.82 Å². The number of halogens is 1. The molecule has 28 heavy (non-hydrogen) atoms. The molecule has 146 valence electrons. The number of fused-ring (bicyclic) bond motifs is 1. The van der Waals surface area contributed by atoms with Gasteiger partial charge in [0, 0.05) is 41.7 Å². The van der Waals surface area contributed by atoms with Gasteiger partial charge in [-0.05, 0) is 35.2 Å². The molecule has 1 aliphatic rings. The van der Waals surface area contributed by atoms with E-state index >= 15 is 0 Å². The van der Waals surface area contributed by atoms with Crippen LogP contribution in [0.5, 0.6) is 17.2 Å². The second-order valence-corrected chi connectivity index (χ2v) is 7.61. The molecule has 4 nitrogen and oxygen atoms in total. The van der Waals surface area contributed by atoms with Crippen molar-refractivity contribution in [2.24, 2.45) is 0 Å². The molecule has 0 unspecified atom stereocenters. The summed E-state index contributed by atoms with van der Waals surface area (Å²) in [6, 6.07) is 13.3. The molecule has 0 radical (unpaired) electrons. The predicted molar refractivity (Wildman–Crippen MR) is 109 cm³/mol. The molecule has 4 rings (SSSR count). The van der Waals surface area contributed by atoms with E-state index in [1.807, 2.05) is 12.1 Å². The summed E-state index contributed by atoms with van der Waals surface area (Å²) in [6.07, 6.45) is 0. The van der Waals surface area contributed by atoms with E-state index in [0.717, 1.165) is 22.6 Å². The normalized spacial score (nSPS) is 14.1. The Morgan fingerprint density at radius 1 is 1.14 bits per heavy atom. The molecular weight excluding hydrogens is 377 g/mol. The summed E-state index contributed by atoms with van der Waals surface area (Å²) in [5.41, 5.74) is 2.80. The van der Waals surface area contributed by atoms with Crippen LogP contribution in [0, 0.1) is 5.82 Å². The van der Waals surface area contributed by atoms with Crippen molar-refractivity contribution in [3.05, 3.63) is 64.8 Å². The summed E-state index contributed by atoms with van der Waals surface area (Å²) >= 11 is 1.69. The summed E-state index contributed by atoms with van der Waals surface area (Å²) in [6.45, 7) is 2.40. The fourth-order valence-corrected chi connectivity index (χ4v) is 4.15. The zero-order valence-electron chi connectivity index (χ0n) is 15.9. The van der Waals surface area contributed by atoms with Crippen molar-refractivity contribution in [1.29, 1.82) is 0 Å². The van der Waals surface area contributed by atoms with Crippen LogP contribution in [0.15, 0.2) is 47.8 Å². The fraction of sp³-hybridized carbons (Fsp3) is 0.273. The van der Waals surface area contributed by atoms with Gasteiger partial charge in [0.25, 0.3) is 0 Å². The monoisotopic (exact) mass is 399 g/mol. The molecule has 1 aliphatic heterocycles. The molecule has 3 aromatic rings. The first-order valence-corrected chi connectivity index (χ1v) is 9.98. The maximum Gasteiger partial charge on any atom is 0.165 e. The molecule has 0 bridgehead atoms. The summed E-state index contributed by atoms with van der Waals surface area (Å²) in [7, 11) is 3.20. The van der Waals surface area contributed by atoms with Crippen molar-refractivity contribution < 1.29 is 18.6 Å². The molecule has 0 N–H and O–H groups in total. The second kappa shape index (κ2) is 8.20. The van der Waals surface area contributed by atoms with E-state index < -0.39 is 0 Å². The maximum absolute atomic E-state index is 14.4. The minimum atomic E-state index is -0.255. The first-order valence-electron chi connectivity index (χ1n) is 9.10. The van der Waals surface area contributed by atoms with Crippen LogP contribution in [-0.4, -0.2) is 32.3 Å². The van der Waals surface area contributed by atoms with E-state index in [0.29, 0.717) is 37.6 Å². The molecule has 0 fully saturated rings. The highest BCUT2D eigenvalue weighted by Gasteiger charge is 2.21. The first kappa shape index (κ1) is 18.8. The van der Waals surface area contributed by atoms with Crippen molar-refractivity contribution in [3.8, 4) is 27.7 Å². The van der Waals surface area contributed by atoms with Gasteiger partial charge in [-0.3, -0.25) is 4.90 Å². The standard InChI is InChI=1S/C22H22FNO3S/c1-25-18-6-5-15(19(23)12-18)13-24-7-8-27-22-17(14-24)10-16(11-20(22)26-2)21-4-3-9-28-21/h3-6,9-12H,7-8,13-14H2,1-2H3. The predicted octanol–water partition coefficient (Wildman–Crippen LogP) is 4.97. The Balaban J connectivity index is 1.63. The van der Waals surface area contributed by atoms with Gasteiger partial charge in [0.2, 0.25) is 0 Å². The molecular formula is C22H22FNO3S. The van der Waals surface area contributed by atoms with Crippen LogP contribution in [0.1, 0.15) is 11.1 Å². The largest absolute Gasteiger partial charge is 0.497 e. The molecule has 2 heterocycles. The number of ether oxygens (including phenoxy) is 3. The van der Waals surface area contributed by atoms with E-state index in [9.17, 15) is 4.39 Å². The van der Waals surface area contributed by atoms with E-state index in [2.05, 4.69) is 22.4 Å². The minimum absolute atomic E-state index is 0.255. The highest BCUT2D eigenvalue weighted by atomic mass is 32.1. The van der Waals surface area contributed by atoms with E-state index in [1.165, 1.54) is 18.1 Å². The molecule has 0 spiro atoms. The summed E-state index contributed by atoms with van der Waals surface area (Å²) < 4.78 is 31.1. The molecule has 1 aromatic heterocycles. The quantitative estimate of drug-likeness (QED) is 0.606. The van der Waals surface area contributed by atoms with Crippen molar-refractivity contribution in [2.75, 3.05) is 27.4 Å². The molecule has 0 saturated carbocycles. The van der Waals surface area contributed by atoms with Crippen LogP contribution in [0.4, 0.5) is 4.39 Å². The lowest BCUT2D eigenvalue weighted by molar-refractivity contribution is 0.215. The minimum Gasteiger partial charge on any atom is -0.497 e. The van der Waals surface area contributed by atoms with Crippen LogP contribution in [0.2, 0.25) is 0 Å². The van der Waals surface area contributed by atoms with Gasteiger partial charge in [-0.25, -0.2) is 4.39 Å². The SMILES string of the molecule is COc1ccc(CN2CCOc3c(cc(-c4cccs4)cc3OC)C2)c(F)c1. The Morgan fingerprint density at radius 3 is 2.75 bits per heavy atom. The molecule has 0 atom stereocenters. The van der Waals surface area contributed by atoms with Gasteiger partial charge in [-0.15, -0.1) is 11.3 Å². The number of thiophene rings is 1. The van der Waals surface area contributed by atoms with Gasteiger partial charge in [0.05, 0.1) is 14.2 Å². The van der Waals surface area contributed by atoms with Gasteiger partial charge < -0.3 is 14.2 Å². The van der Waals surface area contributed by atoms with Gasteiger partial charge in [-0.1, -0.05) is 12.1 Å². The highest BCUT2D eigenvalue weighted by Crippen LogP contribution is 2.39. The first-order chi connectivity index (χ1) is 13.7. The Labute approximate surface area is 168 Å². The molecule has 0 saturated heterocycles. The Morgan fingerprint density at radius 2 is 2.04 bits per heavy atom. The van der Waals surface area contributed by atoms with Crippen molar-refractivity contribution >= 4 is 11.3 Å². The van der Waals surface area contributed by atoms with Crippen LogP contribution in [-0.2, 0) is 13.1 Å². The summed E-state index contributed by atoms with van der Waals surface area (Å²) in [4.78, 5) is 3.37. The lowest BCUT2D eigenvalue weighted by Crippen LogP contribution is -2.25. The van der Waals surface area contributed by atoms with Crippen LogP contribution in [0.25, 0.3) is 10.4 Å². The van der Waals surface area contributed by atoms with Gasteiger partial charge in [0.15, 0.2) is 11.5 Å². The van der Waals surface area contributed by atoms with Crippen molar-refractivity contribution in [3.63, 3.8) is 0 Å². The average Bonchev–Trinajstić information content (AvgIpc) is 3.17. The zero-order valence-corrected chi connectivity index (χ0v) is 16.7. The third kappa shape index (κ3) is 3.84. The fourth-order valence-electron chi connectivity index (χ4n) is 3.43.